The molecule has 1 unspecified atom stereocenters. The molecule has 2 aromatic carbocycles. The van der Waals surface area contributed by atoms with Crippen molar-refractivity contribution in [2.45, 2.75) is 24.8 Å². The van der Waals surface area contributed by atoms with E-state index in [1.165, 1.54) is 6.07 Å². The number of rotatable bonds is 3. The van der Waals surface area contributed by atoms with Crippen LogP contribution in [0.4, 0.5) is 43.5 Å². The number of aromatic nitrogens is 2. The lowest BCUT2D eigenvalue weighted by atomic mass is 10.0. The standard InChI is InChI=1S/C21H20F6N6/c1-30-12-4-5-33(9-12)19-13-3-2-10(20(22,23)24)8-16(13)31-18(32-19)17-14(28)6-11(7-15(17)29)21(25,26)27/h2-3,6-8,12,30H,4-5,9,28-29H2,1H3. The number of halogens is 6. The Labute approximate surface area is 184 Å². The highest BCUT2D eigenvalue weighted by Gasteiger charge is 2.34. The number of anilines is 3. The fraction of sp³-hybridized carbons (Fsp3) is 0.333. The van der Waals surface area contributed by atoms with Gasteiger partial charge in [-0.1, -0.05) is 0 Å². The maximum Gasteiger partial charge on any atom is 0.416 e. The van der Waals surface area contributed by atoms with E-state index >= 15 is 0 Å². The Balaban J connectivity index is 1.94. The molecule has 0 bridgehead atoms. The van der Waals surface area contributed by atoms with E-state index in [1.54, 1.807) is 7.05 Å². The third-order valence-electron chi connectivity index (χ3n) is 5.65. The van der Waals surface area contributed by atoms with Crippen LogP contribution < -0.4 is 21.7 Å². The highest BCUT2D eigenvalue weighted by Crippen LogP contribution is 2.40. The summed E-state index contributed by atoms with van der Waals surface area (Å²) >= 11 is 0. The van der Waals surface area contributed by atoms with Crippen molar-refractivity contribution in [2.24, 2.45) is 0 Å². The van der Waals surface area contributed by atoms with Gasteiger partial charge < -0.3 is 21.7 Å². The summed E-state index contributed by atoms with van der Waals surface area (Å²) in [6.45, 7) is 1.12. The van der Waals surface area contributed by atoms with E-state index in [4.69, 9.17) is 11.5 Å². The highest BCUT2D eigenvalue weighted by atomic mass is 19.4. The number of fused-ring (bicyclic) bond motifs is 1. The molecule has 1 aliphatic heterocycles. The molecule has 176 valence electrons. The Morgan fingerprint density at radius 1 is 0.939 bits per heavy atom. The highest BCUT2D eigenvalue weighted by molar-refractivity contribution is 5.94. The van der Waals surface area contributed by atoms with Gasteiger partial charge in [-0.2, -0.15) is 26.3 Å². The number of benzene rings is 2. The molecule has 0 spiro atoms. The number of nitrogens with two attached hydrogens (primary N) is 2. The molecule has 0 amide bonds. The van der Waals surface area contributed by atoms with E-state index < -0.39 is 23.5 Å². The molecule has 2 heterocycles. The molecule has 0 radical (unpaired) electrons. The quantitative estimate of drug-likeness (QED) is 0.391. The van der Waals surface area contributed by atoms with Gasteiger partial charge in [-0.05, 0) is 43.8 Å². The van der Waals surface area contributed by atoms with Gasteiger partial charge in [0.15, 0.2) is 5.82 Å². The van der Waals surface area contributed by atoms with Crippen LogP contribution >= 0.6 is 0 Å². The topological polar surface area (TPSA) is 93.1 Å². The fourth-order valence-corrected chi connectivity index (χ4v) is 3.94. The molecule has 6 nitrogen and oxygen atoms in total. The minimum absolute atomic E-state index is 0.0172. The first-order valence-corrected chi connectivity index (χ1v) is 9.96. The summed E-state index contributed by atoms with van der Waals surface area (Å²) in [6.07, 6.45) is -8.49. The van der Waals surface area contributed by atoms with Crippen molar-refractivity contribution in [2.75, 3.05) is 36.5 Å². The Morgan fingerprint density at radius 3 is 2.12 bits per heavy atom. The normalized spacial score (nSPS) is 17.2. The summed E-state index contributed by atoms with van der Waals surface area (Å²) in [5.41, 5.74) is 9.07. The van der Waals surface area contributed by atoms with E-state index in [0.717, 1.165) is 18.6 Å². The van der Waals surface area contributed by atoms with Crippen LogP contribution in [-0.4, -0.2) is 36.1 Å². The molecule has 5 N–H and O–H groups in total. The smallest absolute Gasteiger partial charge is 0.398 e. The van der Waals surface area contributed by atoms with Gasteiger partial charge in [0.1, 0.15) is 5.82 Å². The Bertz CT molecular complexity index is 1180. The minimum Gasteiger partial charge on any atom is -0.398 e. The van der Waals surface area contributed by atoms with Gasteiger partial charge in [0.25, 0.3) is 0 Å². The van der Waals surface area contributed by atoms with Crippen LogP contribution in [0.15, 0.2) is 30.3 Å². The largest absolute Gasteiger partial charge is 0.416 e. The lowest BCUT2D eigenvalue weighted by molar-refractivity contribution is -0.138. The first kappa shape index (κ1) is 22.9. The molecule has 12 heteroatoms. The van der Waals surface area contributed by atoms with E-state index in [-0.39, 0.29) is 34.3 Å². The molecule has 0 saturated carbocycles. The van der Waals surface area contributed by atoms with Gasteiger partial charge in [-0.3, -0.25) is 0 Å². The predicted octanol–water partition coefficient (Wildman–Crippen LogP) is 4.30. The molecule has 1 fully saturated rings. The van der Waals surface area contributed by atoms with E-state index in [0.29, 0.717) is 36.4 Å². The number of hydrogen-bond donors (Lipinski definition) is 3. The molecule has 1 aliphatic rings. The zero-order chi connectivity index (χ0) is 24.1. The van der Waals surface area contributed by atoms with Gasteiger partial charge in [0.2, 0.25) is 0 Å². The van der Waals surface area contributed by atoms with Crippen LogP contribution in [0.1, 0.15) is 17.5 Å². The van der Waals surface area contributed by atoms with Gasteiger partial charge in [-0.25, -0.2) is 9.97 Å². The van der Waals surface area contributed by atoms with Crippen molar-refractivity contribution in [3.05, 3.63) is 41.5 Å². The van der Waals surface area contributed by atoms with E-state index in [2.05, 4.69) is 15.3 Å². The van der Waals surface area contributed by atoms with Crippen LogP contribution in [0.25, 0.3) is 22.3 Å². The zero-order valence-corrected chi connectivity index (χ0v) is 17.3. The summed E-state index contributed by atoms with van der Waals surface area (Å²) in [4.78, 5) is 10.6. The number of likely N-dealkylation sites (N-methyl/N-ethyl adjacent to an activating group) is 1. The number of nitrogens with zero attached hydrogens (tertiary/aromatic N) is 3. The molecule has 33 heavy (non-hydrogen) atoms. The first-order chi connectivity index (χ1) is 15.4. The Kier molecular flexibility index (Phi) is 5.51. The molecule has 0 aliphatic carbocycles. The fourth-order valence-electron chi connectivity index (χ4n) is 3.94. The molecule has 1 saturated heterocycles. The van der Waals surface area contributed by atoms with Crippen molar-refractivity contribution in [3.8, 4) is 11.4 Å². The average molecular weight is 470 g/mol. The molecular weight excluding hydrogens is 450 g/mol. The minimum atomic E-state index is -4.67. The van der Waals surface area contributed by atoms with Crippen LogP contribution in [0.5, 0.6) is 0 Å². The third-order valence-corrected chi connectivity index (χ3v) is 5.65. The lowest BCUT2D eigenvalue weighted by Crippen LogP contribution is -2.30. The van der Waals surface area contributed by atoms with Gasteiger partial charge >= 0.3 is 12.4 Å². The second kappa shape index (κ2) is 7.94. The lowest BCUT2D eigenvalue weighted by Gasteiger charge is -2.21. The zero-order valence-electron chi connectivity index (χ0n) is 17.3. The van der Waals surface area contributed by atoms with Gasteiger partial charge in [0, 0.05) is 35.9 Å². The number of nitrogens with one attached hydrogen (secondary N) is 1. The van der Waals surface area contributed by atoms with Crippen LogP contribution in [0, 0.1) is 0 Å². The summed E-state index contributed by atoms with van der Waals surface area (Å²) in [5.74, 6) is 0.216. The monoisotopic (exact) mass is 470 g/mol. The second-order valence-corrected chi connectivity index (χ2v) is 7.85. The van der Waals surface area contributed by atoms with Gasteiger partial charge in [-0.15, -0.1) is 0 Å². The summed E-state index contributed by atoms with van der Waals surface area (Å²) in [5, 5.41) is 3.53. The summed E-state index contributed by atoms with van der Waals surface area (Å²) in [6, 6.07) is 4.68. The number of nitrogen functional groups attached to an aromatic ring is 2. The van der Waals surface area contributed by atoms with Crippen molar-refractivity contribution in [1.82, 2.24) is 15.3 Å². The number of hydrogen-bond acceptors (Lipinski definition) is 6. The summed E-state index contributed by atoms with van der Waals surface area (Å²) < 4.78 is 79.3. The Morgan fingerprint density at radius 2 is 1.58 bits per heavy atom. The van der Waals surface area contributed by atoms with Crippen LogP contribution in [0.3, 0.4) is 0 Å². The molecule has 1 atom stereocenters. The summed E-state index contributed by atoms with van der Waals surface area (Å²) in [7, 11) is 1.80. The van der Waals surface area contributed by atoms with E-state index in [1.807, 2.05) is 4.90 Å². The van der Waals surface area contributed by atoms with Crippen LogP contribution in [-0.2, 0) is 12.4 Å². The maximum atomic E-state index is 13.3. The number of alkyl halides is 6. The molecular formula is C21H20F6N6. The van der Waals surface area contributed by atoms with E-state index in [9.17, 15) is 26.3 Å². The SMILES string of the molecule is CNC1CCN(c2nc(-c3c(N)cc(C(F)(F)F)cc3N)nc3cc(C(F)(F)F)ccc23)C1. The molecule has 3 aromatic rings. The predicted molar refractivity (Wildman–Crippen MR) is 113 cm³/mol. The maximum absolute atomic E-state index is 13.3. The van der Waals surface area contributed by atoms with Crippen molar-refractivity contribution >= 4 is 28.1 Å². The average Bonchev–Trinajstić information content (AvgIpc) is 3.20. The second-order valence-electron chi connectivity index (χ2n) is 7.85. The Hall–Kier alpha value is -3.28. The van der Waals surface area contributed by atoms with Crippen molar-refractivity contribution in [3.63, 3.8) is 0 Å². The van der Waals surface area contributed by atoms with Crippen molar-refractivity contribution < 1.29 is 26.3 Å². The molecule has 1 aromatic heterocycles. The molecule has 4 rings (SSSR count). The van der Waals surface area contributed by atoms with Gasteiger partial charge in [0.05, 0.1) is 22.2 Å². The first-order valence-electron chi connectivity index (χ1n) is 9.96. The van der Waals surface area contributed by atoms with Crippen molar-refractivity contribution in [1.29, 1.82) is 0 Å². The third kappa shape index (κ3) is 4.34. The van der Waals surface area contributed by atoms with Crippen LogP contribution in [0.2, 0.25) is 0 Å².